The number of sulfonamides is 1. The summed E-state index contributed by atoms with van der Waals surface area (Å²) >= 11 is 0. The highest BCUT2D eigenvalue weighted by molar-refractivity contribution is 7.89. The average molecular weight is 480 g/mol. The van der Waals surface area contributed by atoms with Crippen LogP contribution in [0.2, 0.25) is 0 Å². The molecule has 3 N–H and O–H groups in total. The molecular weight excluding hydrogens is 453 g/mol. The van der Waals surface area contributed by atoms with Gasteiger partial charge in [0.2, 0.25) is 10.0 Å². The molecule has 1 heterocycles. The van der Waals surface area contributed by atoms with E-state index < -0.39 is 15.8 Å². The molecular formula is C25H26FN5O2S. The second-order valence-electron chi connectivity index (χ2n) is 7.93. The van der Waals surface area contributed by atoms with Gasteiger partial charge in [0.15, 0.2) is 5.82 Å². The van der Waals surface area contributed by atoms with Crippen LogP contribution in [-0.4, -0.2) is 23.2 Å². The Labute approximate surface area is 198 Å². The molecule has 7 nitrogen and oxygen atoms in total. The number of halogens is 1. The summed E-state index contributed by atoms with van der Waals surface area (Å²) in [5.41, 5.74) is 2.26. The standard InChI is InChI=1S/C25H26FN5O2S/c1-2-22(19-11-7-4-8-12-19)28-17-24-29-25(15-18-9-5-3-6-10-18)31(30-24)23-14-13-20(16-21(23)26)34(27,32)33/h3-14,16,22,28H,2,15,17H2,1H3,(H2,27,32,33). The Kier molecular flexibility index (Phi) is 7.16. The van der Waals surface area contributed by atoms with Crippen LogP contribution in [0.25, 0.3) is 5.69 Å². The van der Waals surface area contributed by atoms with Gasteiger partial charge in [0.25, 0.3) is 0 Å². The number of primary sulfonamides is 1. The first-order chi connectivity index (χ1) is 16.3. The molecule has 0 aliphatic carbocycles. The Morgan fingerprint density at radius 2 is 1.71 bits per heavy atom. The number of nitrogens with one attached hydrogen (secondary N) is 1. The van der Waals surface area contributed by atoms with E-state index >= 15 is 0 Å². The zero-order valence-corrected chi connectivity index (χ0v) is 19.5. The maximum atomic E-state index is 15.0. The number of hydrogen-bond donors (Lipinski definition) is 2. The van der Waals surface area contributed by atoms with Crippen molar-refractivity contribution in [1.29, 1.82) is 0 Å². The predicted octanol–water partition coefficient (Wildman–Crippen LogP) is 3.89. The van der Waals surface area contributed by atoms with Crippen molar-refractivity contribution in [2.75, 3.05) is 0 Å². The molecule has 4 aromatic rings. The molecule has 4 rings (SSSR count). The maximum absolute atomic E-state index is 15.0. The Morgan fingerprint density at radius 3 is 2.32 bits per heavy atom. The number of hydrogen-bond acceptors (Lipinski definition) is 5. The number of nitrogens with two attached hydrogens (primary N) is 1. The average Bonchev–Trinajstić information content (AvgIpc) is 3.22. The summed E-state index contributed by atoms with van der Waals surface area (Å²) in [4.78, 5) is 4.38. The second kappa shape index (κ2) is 10.3. The fraction of sp³-hybridized carbons (Fsp3) is 0.200. The van der Waals surface area contributed by atoms with Gasteiger partial charge in [0.05, 0.1) is 11.4 Å². The molecule has 0 aliphatic rings. The van der Waals surface area contributed by atoms with Crippen molar-refractivity contribution in [3.63, 3.8) is 0 Å². The zero-order valence-electron chi connectivity index (χ0n) is 18.7. The fourth-order valence-electron chi connectivity index (χ4n) is 3.79. The summed E-state index contributed by atoms with van der Waals surface area (Å²) in [7, 11) is -4.02. The van der Waals surface area contributed by atoms with Gasteiger partial charge in [0.1, 0.15) is 17.3 Å². The van der Waals surface area contributed by atoms with Gasteiger partial charge in [-0.1, -0.05) is 67.6 Å². The minimum atomic E-state index is -4.02. The van der Waals surface area contributed by atoms with Gasteiger partial charge >= 0.3 is 0 Å². The molecule has 9 heteroatoms. The SMILES string of the molecule is CCC(NCc1nc(Cc2ccccc2)n(-c2ccc(S(N)(=O)=O)cc2F)n1)c1ccccc1. The molecule has 0 saturated heterocycles. The van der Waals surface area contributed by atoms with Crippen molar-refractivity contribution in [2.45, 2.75) is 37.2 Å². The van der Waals surface area contributed by atoms with E-state index in [9.17, 15) is 12.8 Å². The van der Waals surface area contributed by atoms with E-state index in [1.54, 1.807) is 0 Å². The minimum absolute atomic E-state index is 0.104. The molecule has 176 valence electrons. The number of aromatic nitrogens is 3. The van der Waals surface area contributed by atoms with E-state index in [4.69, 9.17) is 5.14 Å². The Balaban J connectivity index is 1.66. The normalized spacial score (nSPS) is 12.6. The summed E-state index contributed by atoms with van der Waals surface area (Å²) in [5, 5.41) is 13.2. The van der Waals surface area contributed by atoms with Crippen LogP contribution in [0, 0.1) is 5.82 Å². The van der Waals surface area contributed by atoms with Gasteiger partial charge < -0.3 is 5.32 Å². The van der Waals surface area contributed by atoms with Crippen molar-refractivity contribution in [3.05, 3.63) is 107 Å². The molecule has 1 atom stereocenters. The molecule has 34 heavy (non-hydrogen) atoms. The van der Waals surface area contributed by atoms with E-state index in [1.807, 2.05) is 48.5 Å². The maximum Gasteiger partial charge on any atom is 0.238 e. The first kappa shape index (κ1) is 23.7. The molecule has 3 aromatic carbocycles. The third-order valence-electron chi connectivity index (χ3n) is 5.52. The van der Waals surface area contributed by atoms with Crippen LogP contribution in [0.5, 0.6) is 0 Å². The van der Waals surface area contributed by atoms with Gasteiger partial charge in [-0.05, 0) is 35.7 Å². The Hall–Kier alpha value is -3.40. The first-order valence-corrected chi connectivity index (χ1v) is 12.5. The molecule has 0 radical (unpaired) electrons. The lowest BCUT2D eigenvalue weighted by Gasteiger charge is -2.16. The molecule has 0 aliphatic heterocycles. The van der Waals surface area contributed by atoms with Gasteiger partial charge in [-0.25, -0.2) is 27.6 Å². The lowest BCUT2D eigenvalue weighted by atomic mass is 10.0. The first-order valence-electron chi connectivity index (χ1n) is 10.9. The van der Waals surface area contributed by atoms with Crippen LogP contribution in [-0.2, 0) is 23.0 Å². The van der Waals surface area contributed by atoms with E-state index in [1.165, 1.54) is 22.4 Å². The Bertz CT molecular complexity index is 1360. The largest absolute Gasteiger partial charge is 0.303 e. The van der Waals surface area contributed by atoms with Crippen molar-refractivity contribution in [2.24, 2.45) is 5.14 Å². The predicted molar refractivity (Wildman–Crippen MR) is 128 cm³/mol. The molecule has 0 bridgehead atoms. The van der Waals surface area contributed by atoms with Crippen LogP contribution in [0.15, 0.2) is 83.8 Å². The van der Waals surface area contributed by atoms with Gasteiger partial charge in [0, 0.05) is 12.5 Å². The molecule has 0 spiro atoms. The summed E-state index contributed by atoms with van der Waals surface area (Å²) in [6.07, 6.45) is 1.31. The van der Waals surface area contributed by atoms with Crippen molar-refractivity contribution in [1.82, 2.24) is 20.1 Å². The third kappa shape index (κ3) is 5.56. The van der Waals surface area contributed by atoms with Crippen molar-refractivity contribution in [3.8, 4) is 5.69 Å². The molecule has 0 saturated carbocycles. The number of rotatable bonds is 9. The molecule has 0 fully saturated rings. The summed E-state index contributed by atoms with van der Waals surface area (Å²) in [6, 6.07) is 23.4. The Morgan fingerprint density at radius 1 is 1.03 bits per heavy atom. The van der Waals surface area contributed by atoms with Crippen LogP contribution in [0.4, 0.5) is 4.39 Å². The second-order valence-corrected chi connectivity index (χ2v) is 9.49. The van der Waals surface area contributed by atoms with E-state index in [-0.39, 0.29) is 16.6 Å². The highest BCUT2D eigenvalue weighted by Gasteiger charge is 2.19. The lowest BCUT2D eigenvalue weighted by Crippen LogP contribution is -2.21. The van der Waals surface area contributed by atoms with Gasteiger partial charge in [-0.15, -0.1) is 5.10 Å². The van der Waals surface area contributed by atoms with Crippen molar-refractivity contribution >= 4 is 10.0 Å². The van der Waals surface area contributed by atoms with E-state index in [0.29, 0.717) is 24.6 Å². The highest BCUT2D eigenvalue weighted by Crippen LogP contribution is 2.21. The summed E-state index contributed by atoms with van der Waals surface area (Å²) < 4.78 is 39.6. The zero-order chi connectivity index (χ0) is 24.1. The summed E-state index contributed by atoms with van der Waals surface area (Å²) in [6.45, 7) is 2.49. The lowest BCUT2D eigenvalue weighted by molar-refractivity contribution is 0.507. The third-order valence-corrected chi connectivity index (χ3v) is 6.43. The molecule has 1 aromatic heterocycles. The van der Waals surface area contributed by atoms with Crippen LogP contribution in [0.3, 0.4) is 0 Å². The van der Waals surface area contributed by atoms with Gasteiger partial charge in [-0.2, -0.15) is 0 Å². The topological polar surface area (TPSA) is 103 Å². The van der Waals surface area contributed by atoms with Crippen LogP contribution >= 0.6 is 0 Å². The number of nitrogens with zero attached hydrogens (tertiary/aromatic N) is 3. The van der Waals surface area contributed by atoms with E-state index in [0.717, 1.165) is 18.1 Å². The van der Waals surface area contributed by atoms with Crippen LogP contribution in [0.1, 0.15) is 42.2 Å². The molecule has 0 amide bonds. The van der Waals surface area contributed by atoms with E-state index in [2.05, 4.69) is 34.5 Å². The minimum Gasteiger partial charge on any atom is -0.303 e. The fourth-order valence-corrected chi connectivity index (χ4v) is 4.31. The summed E-state index contributed by atoms with van der Waals surface area (Å²) in [5.74, 6) is 0.300. The number of benzene rings is 3. The highest BCUT2D eigenvalue weighted by atomic mass is 32.2. The quantitative estimate of drug-likeness (QED) is 0.379. The molecule has 1 unspecified atom stereocenters. The van der Waals surface area contributed by atoms with Crippen LogP contribution < -0.4 is 10.5 Å². The van der Waals surface area contributed by atoms with Gasteiger partial charge in [-0.3, -0.25) is 0 Å². The van der Waals surface area contributed by atoms with Crippen molar-refractivity contribution < 1.29 is 12.8 Å². The monoisotopic (exact) mass is 479 g/mol. The smallest absolute Gasteiger partial charge is 0.238 e.